The Morgan fingerprint density at radius 2 is 2.33 bits per heavy atom. The Hall–Kier alpha value is -0.570. The first-order chi connectivity index (χ1) is 5.66. The first-order valence-corrected chi connectivity index (χ1v) is 4.64. The Kier molecular flexibility index (Phi) is 3.09. The van der Waals surface area contributed by atoms with Gasteiger partial charge in [-0.05, 0) is 33.7 Å². The van der Waals surface area contributed by atoms with Crippen molar-refractivity contribution < 1.29 is 4.79 Å². The molecule has 0 aromatic heterocycles. The van der Waals surface area contributed by atoms with Crippen molar-refractivity contribution in [1.82, 2.24) is 10.2 Å². The molecule has 2 atom stereocenters. The lowest BCUT2D eigenvalue weighted by atomic mass is 10.2. The molecule has 1 N–H and O–H groups in total. The average molecular weight is 170 g/mol. The Morgan fingerprint density at radius 3 is 2.75 bits per heavy atom. The quantitative estimate of drug-likeness (QED) is 0.658. The fourth-order valence-corrected chi connectivity index (χ4v) is 1.63. The summed E-state index contributed by atoms with van der Waals surface area (Å²) in [4.78, 5) is 13.6. The van der Waals surface area contributed by atoms with Crippen LogP contribution in [-0.4, -0.2) is 36.5 Å². The second kappa shape index (κ2) is 3.90. The maximum absolute atomic E-state index is 11.7. The van der Waals surface area contributed by atoms with Crippen LogP contribution in [0.1, 0.15) is 26.7 Å². The smallest absolute Gasteiger partial charge is 0.239 e. The third-order valence-electron chi connectivity index (χ3n) is 2.64. The summed E-state index contributed by atoms with van der Waals surface area (Å²) in [7, 11) is 1.82. The summed E-state index contributed by atoms with van der Waals surface area (Å²) in [6.45, 7) is 4.96. The Bertz CT molecular complexity index is 170. The van der Waals surface area contributed by atoms with Gasteiger partial charge in [-0.3, -0.25) is 4.79 Å². The third-order valence-corrected chi connectivity index (χ3v) is 2.64. The van der Waals surface area contributed by atoms with Crippen LogP contribution in [-0.2, 0) is 4.79 Å². The number of likely N-dealkylation sites (N-methyl/N-ethyl adjacent to an activating group) is 1. The monoisotopic (exact) mass is 170 g/mol. The van der Waals surface area contributed by atoms with E-state index in [1.807, 2.05) is 18.9 Å². The second-order valence-electron chi connectivity index (χ2n) is 3.53. The van der Waals surface area contributed by atoms with Gasteiger partial charge in [0.2, 0.25) is 5.91 Å². The van der Waals surface area contributed by atoms with Crippen LogP contribution in [0, 0.1) is 0 Å². The molecule has 1 aliphatic rings. The van der Waals surface area contributed by atoms with Crippen LogP contribution in [0.5, 0.6) is 0 Å². The van der Waals surface area contributed by atoms with Gasteiger partial charge in [0.1, 0.15) is 0 Å². The van der Waals surface area contributed by atoms with Gasteiger partial charge in [0.05, 0.1) is 6.04 Å². The number of hydrogen-bond donors (Lipinski definition) is 1. The van der Waals surface area contributed by atoms with Crippen molar-refractivity contribution in [2.45, 2.75) is 38.8 Å². The minimum Gasteiger partial charge on any atom is -0.339 e. The number of likely N-dealkylation sites (tertiary alicyclic amines) is 1. The zero-order chi connectivity index (χ0) is 9.14. The molecule has 0 saturated carbocycles. The van der Waals surface area contributed by atoms with Crippen molar-refractivity contribution in [3.05, 3.63) is 0 Å². The molecule has 0 aromatic rings. The number of amides is 1. The number of carbonyl (C=O) groups excluding carboxylic acids is 1. The largest absolute Gasteiger partial charge is 0.339 e. The van der Waals surface area contributed by atoms with Crippen molar-refractivity contribution >= 4 is 5.91 Å². The summed E-state index contributed by atoms with van der Waals surface area (Å²) >= 11 is 0. The normalized spacial score (nSPS) is 25.9. The number of hydrogen-bond acceptors (Lipinski definition) is 2. The van der Waals surface area contributed by atoms with E-state index in [2.05, 4.69) is 12.2 Å². The molecule has 1 saturated heterocycles. The number of rotatable bonds is 2. The lowest BCUT2D eigenvalue weighted by molar-refractivity contribution is -0.133. The molecule has 1 rings (SSSR count). The lowest BCUT2D eigenvalue weighted by Gasteiger charge is -2.24. The zero-order valence-electron chi connectivity index (χ0n) is 8.13. The fourth-order valence-electron chi connectivity index (χ4n) is 1.63. The van der Waals surface area contributed by atoms with E-state index in [1.54, 1.807) is 0 Å². The summed E-state index contributed by atoms with van der Waals surface area (Å²) in [6, 6.07) is 0.402. The van der Waals surface area contributed by atoms with Crippen molar-refractivity contribution in [1.29, 1.82) is 0 Å². The fraction of sp³-hybridized carbons (Fsp3) is 0.889. The molecule has 0 bridgehead atoms. The molecular weight excluding hydrogens is 152 g/mol. The molecule has 1 heterocycles. The van der Waals surface area contributed by atoms with Gasteiger partial charge in [0.25, 0.3) is 0 Å². The first kappa shape index (κ1) is 9.52. The highest BCUT2D eigenvalue weighted by atomic mass is 16.2. The molecule has 0 radical (unpaired) electrons. The lowest BCUT2D eigenvalue weighted by Crippen LogP contribution is -2.44. The van der Waals surface area contributed by atoms with Crippen molar-refractivity contribution in [2.75, 3.05) is 13.6 Å². The molecule has 3 heteroatoms. The average Bonchev–Trinajstić information content (AvgIpc) is 2.48. The molecule has 1 aliphatic heterocycles. The van der Waals surface area contributed by atoms with E-state index in [0.717, 1.165) is 19.4 Å². The van der Waals surface area contributed by atoms with Gasteiger partial charge in [-0.25, -0.2) is 0 Å². The van der Waals surface area contributed by atoms with Crippen LogP contribution in [0.15, 0.2) is 0 Å². The molecule has 1 fully saturated rings. The maximum atomic E-state index is 11.7. The molecule has 0 spiro atoms. The van der Waals surface area contributed by atoms with Crippen LogP contribution in [0.2, 0.25) is 0 Å². The number of carbonyl (C=O) groups is 1. The molecule has 0 aliphatic carbocycles. The van der Waals surface area contributed by atoms with E-state index in [-0.39, 0.29) is 11.9 Å². The van der Waals surface area contributed by atoms with E-state index in [9.17, 15) is 4.79 Å². The van der Waals surface area contributed by atoms with Gasteiger partial charge >= 0.3 is 0 Å². The van der Waals surface area contributed by atoms with Crippen molar-refractivity contribution in [2.24, 2.45) is 0 Å². The molecule has 1 unspecified atom stereocenters. The third kappa shape index (κ3) is 1.78. The summed E-state index contributed by atoms with van der Waals surface area (Å²) in [5.41, 5.74) is 0. The van der Waals surface area contributed by atoms with Crippen LogP contribution < -0.4 is 5.32 Å². The minimum absolute atomic E-state index is 0.0365. The van der Waals surface area contributed by atoms with E-state index in [4.69, 9.17) is 0 Å². The van der Waals surface area contributed by atoms with Crippen molar-refractivity contribution in [3.8, 4) is 0 Å². The van der Waals surface area contributed by atoms with Crippen LogP contribution in [0.3, 0.4) is 0 Å². The molecule has 12 heavy (non-hydrogen) atoms. The van der Waals surface area contributed by atoms with Gasteiger partial charge in [-0.2, -0.15) is 0 Å². The van der Waals surface area contributed by atoms with Gasteiger partial charge in [0, 0.05) is 12.6 Å². The minimum atomic E-state index is -0.0365. The van der Waals surface area contributed by atoms with Gasteiger partial charge < -0.3 is 10.2 Å². The number of nitrogens with zero attached hydrogens (tertiary/aromatic N) is 1. The van der Waals surface area contributed by atoms with Crippen molar-refractivity contribution in [3.63, 3.8) is 0 Å². The van der Waals surface area contributed by atoms with Crippen LogP contribution in [0.4, 0.5) is 0 Å². The second-order valence-corrected chi connectivity index (χ2v) is 3.53. The summed E-state index contributed by atoms with van der Waals surface area (Å²) in [5.74, 6) is 0.238. The highest BCUT2D eigenvalue weighted by Crippen LogP contribution is 2.16. The molecular formula is C9H18N2O. The van der Waals surface area contributed by atoms with E-state index in [0.29, 0.717) is 6.04 Å². The Morgan fingerprint density at radius 1 is 1.67 bits per heavy atom. The molecule has 70 valence electrons. The van der Waals surface area contributed by atoms with Gasteiger partial charge in [0.15, 0.2) is 0 Å². The van der Waals surface area contributed by atoms with E-state index in [1.165, 1.54) is 0 Å². The predicted octanol–water partition coefficient (Wildman–Crippen LogP) is 0.605. The van der Waals surface area contributed by atoms with E-state index >= 15 is 0 Å². The van der Waals surface area contributed by atoms with E-state index < -0.39 is 0 Å². The predicted molar refractivity (Wildman–Crippen MR) is 48.9 cm³/mol. The van der Waals surface area contributed by atoms with Gasteiger partial charge in [-0.1, -0.05) is 0 Å². The number of nitrogens with one attached hydrogen (secondary N) is 1. The summed E-state index contributed by atoms with van der Waals surface area (Å²) in [6.07, 6.45) is 2.31. The highest BCUT2D eigenvalue weighted by molar-refractivity contribution is 5.81. The summed E-state index contributed by atoms with van der Waals surface area (Å²) < 4.78 is 0. The zero-order valence-corrected chi connectivity index (χ0v) is 8.13. The highest BCUT2D eigenvalue weighted by Gasteiger charge is 2.27. The summed E-state index contributed by atoms with van der Waals surface area (Å²) in [5, 5.41) is 2.97. The van der Waals surface area contributed by atoms with Crippen LogP contribution in [0.25, 0.3) is 0 Å². The SMILES string of the molecule is CN[C@@H](C)C(=O)N1CCCC1C. The topological polar surface area (TPSA) is 32.3 Å². The molecule has 0 aromatic carbocycles. The maximum Gasteiger partial charge on any atom is 0.239 e. The standard InChI is InChI=1S/C9H18N2O/c1-7-5-4-6-11(7)9(12)8(2)10-3/h7-8,10H,4-6H2,1-3H3/t7?,8-/m0/s1. The van der Waals surface area contributed by atoms with Gasteiger partial charge in [-0.15, -0.1) is 0 Å². The van der Waals surface area contributed by atoms with Crippen LogP contribution >= 0.6 is 0 Å². The Balaban J connectivity index is 2.51. The first-order valence-electron chi connectivity index (χ1n) is 4.64. The molecule has 1 amide bonds. The Labute approximate surface area is 74.1 Å². The molecule has 3 nitrogen and oxygen atoms in total.